The molecule has 1 aliphatic heterocycles. The fraction of sp³-hybridized carbons (Fsp3) is 0.556. The Hall–Kier alpha value is -2.22. The van der Waals surface area contributed by atoms with Gasteiger partial charge in [-0.05, 0) is 37.6 Å². The molecule has 26 heavy (non-hydrogen) atoms. The van der Waals surface area contributed by atoms with E-state index in [4.69, 9.17) is 0 Å². The lowest BCUT2D eigenvalue weighted by Gasteiger charge is -2.34. The minimum absolute atomic E-state index is 0.00579. The Balaban J connectivity index is 1.81. The molecule has 1 heterocycles. The Morgan fingerprint density at radius 1 is 1.15 bits per heavy atom. The number of ether oxygens (including phenoxy) is 1. The standard InChI is InChI=1S/C18H25F2N3O3/c1-3-13(2)21-16(24)12-22-8-10-23(11-9-22)17(25)14-4-6-15(7-5-14)26-18(19)20/h4-7,13,18H,3,8-12H2,1-2H3,(H,21,24). The summed E-state index contributed by atoms with van der Waals surface area (Å²) in [5, 5.41) is 2.93. The quantitative estimate of drug-likeness (QED) is 0.798. The summed E-state index contributed by atoms with van der Waals surface area (Å²) in [6.45, 7) is 3.69. The Bertz CT molecular complexity index is 602. The number of alkyl halides is 2. The summed E-state index contributed by atoms with van der Waals surface area (Å²) in [6.07, 6.45) is 0.884. The molecule has 1 saturated heterocycles. The van der Waals surface area contributed by atoms with Gasteiger partial charge in [0.05, 0.1) is 6.54 Å². The SMILES string of the molecule is CCC(C)NC(=O)CN1CCN(C(=O)c2ccc(OC(F)F)cc2)CC1. The minimum Gasteiger partial charge on any atom is -0.435 e. The maximum absolute atomic E-state index is 12.5. The van der Waals surface area contributed by atoms with Crippen LogP contribution in [0.2, 0.25) is 0 Å². The van der Waals surface area contributed by atoms with Crippen molar-refractivity contribution in [1.82, 2.24) is 15.1 Å². The number of amides is 2. The van der Waals surface area contributed by atoms with Crippen LogP contribution in [-0.4, -0.2) is 67.0 Å². The number of carbonyl (C=O) groups excluding carboxylic acids is 2. The lowest BCUT2D eigenvalue weighted by atomic mass is 10.1. The number of nitrogens with zero attached hydrogens (tertiary/aromatic N) is 2. The number of benzene rings is 1. The van der Waals surface area contributed by atoms with Crippen LogP contribution in [-0.2, 0) is 4.79 Å². The lowest BCUT2D eigenvalue weighted by Crippen LogP contribution is -2.51. The summed E-state index contributed by atoms with van der Waals surface area (Å²) < 4.78 is 28.6. The van der Waals surface area contributed by atoms with E-state index < -0.39 is 6.61 Å². The molecule has 6 nitrogen and oxygen atoms in total. The van der Waals surface area contributed by atoms with Crippen molar-refractivity contribution in [1.29, 1.82) is 0 Å². The van der Waals surface area contributed by atoms with Gasteiger partial charge in [-0.1, -0.05) is 6.92 Å². The number of halogens is 2. The van der Waals surface area contributed by atoms with Crippen molar-refractivity contribution in [2.75, 3.05) is 32.7 Å². The highest BCUT2D eigenvalue weighted by Gasteiger charge is 2.23. The van der Waals surface area contributed by atoms with E-state index in [1.807, 2.05) is 18.7 Å². The van der Waals surface area contributed by atoms with Gasteiger partial charge in [0.15, 0.2) is 0 Å². The van der Waals surface area contributed by atoms with Gasteiger partial charge in [0.25, 0.3) is 5.91 Å². The first-order valence-corrected chi connectivity index (χ1v) is 8.75. The fourth-order valence-electron chi connectivity index (χ4n) is 2.70. The first-order chi connectivity index (χ1) is 12.4. The van der Waals surface area contributed by atoms with E-state index in [2.05, 4.69) is 10.1 Å². The highest BCUT2D eigenvalue weighted by atomic mass is 19.3. The second kappa shape index (κ2) is 9.47. The molecule has 0 saturated carbocycles. The smallest absolute Gasteiger partial charge is 0.387 e. The minimum atomic E-state index is -2.89. The molecule has 144 valence electrons. The summed E-state index contributed by atoms with van der Waals surface area (Å²) in [6, 6.07) is 5.82. The van der Waals surface area contributed by atoms with E-state index >= 15 is 0 Å². The number of hydrogen-bond donors (Lipinski definition) is 1. The second-order valence-electron chi connectivity index (χ2n) is 6.35. The molecular formula is C18H25F2N3O3. The van der Waals surface area contributed by atoms with Crippen LogP contribution in [0, 0.1) is 0 Å². The van der Waals surface area contributed by atoms with Gasteiger partial charge in [-0.25, -0.2) is 0 Å². The van der Waals surface area contributed by atoms with Crippen molar-refractivity contribution in [3.05, 3.63) is 29.8 Å². The number of carbonyl (C=O) groups is 2. The van der Waals surface area contributed by atoms with E-state index in [1.165, 1.54) is 24.3 Å². The third kappa shape index (κ3) is 5.94. The third-order valence-electron chi connectivity index (χ3n) is 4.37. The molecule has 0 spiro atoms. The summed E-state index contributed by atoms with van der Waals surface area (Å²) in [7, 11) is 0. The van der Waals surface area contributed by atoms with Crippen LogP contribution in [0.3, 0.4) is 0 Å². The first-order valence-electron chi connectivity index (χ1n) is 8.75. The molecule has 0 aliphatic carbocycles. The van der Waals surface area contributed by atoms with Crippen LogP contribution in [0.5, 0.6) is 5.75 Å². The highest BCUT2D eigenvalue weighted by Crippen LogP contribution is 2.16. The molecule has 1 atom stereocenters. The summed E-state index contributed by atoms with van der Waals surface area (Å²) in [4.78, 5) is 28.1. The summed E-state index contributed by atoms with van der Waals surface area (Å²) in [5.74, 6) is -0.139. The van der Waals surface area contributed by atoms with Gasteiger partial charge in [-0.2, -0.15) is 8.78 Å². The topological polar surface area (TPSA) is 61.9 Å². The van der Waals surface area contributed by atoms with Gasteiger partial charge in [0, 0.05) is 37.8 Å². The fourth-order valence-corrected chi connectivity index (χ4v) is 2.70. The maximum Gasteiger partial charge on any atom is 0.387 e. The van der Waals surface area contributed by atoms with Crippen LogP contribution in [0.25, 0.3) is 0 Å². The Kier molecular flexibility index (Phi) is 7.32. The maximum atomic E-state index is 12.5. The largest absolute Gasteiger partial charge is 0.435 e. The van der Waals surface area contributed by atoms with Gasteiger partial charge in [-0.15, -0.1) is 0 Å². The van der Waals surface area contributed by atoms with Crippen molar-refractivity contribution < 1.29 is 23.1 Å². The van der Waals surface area contributed by atoms with Crippen molar-refractivity contribution >= 4 is 11.8 Å². The zero-order valence-electron chi connectivity index (χ0n) is 15.1. The van der Waals surface area contributed by atoms with Crippen LogP contribution in [0.15, 0.2) is 24.3 Å². The van der Waals surface area contributed by atoms with E-state index in [9.17, 15) is 18.4 Å². The van der Waals surface area contributed by atoms with E-state index in [-0.39, 0.29) is 23.6 Å². The van der Waals surface area contributed by atoms with Crippen LogP contribution >= 0.6 is 0 Å². The molecule has 1 aliphatic rings. The molecule has 1 fully saturated rings. The van der Waals surface area contributed by atoms with Gasteiger partial charge in [0.2, 0.25) is 5.91 Å². The molecule has 1 aromatic carbocycles. The van der Waals surface area contributed by atoms with Gasteiger partial charge in [0.1, 0.15) is 5.75 Å². The molecule has 2 rings (SSSR count). The third-order valence-corrected chi connectivity index (χ3v) is 4.37. The highest BCUT2D eigenvalue weighted by molar-refractivity contribution is 5.94. The molecule has 1 unspecified atom stereocenters. The normalized spacial score (nSPS) is 16.4. The van der Waals surface area contributed by atoms with E-state index in [0.717, 1.165) is 6.42 Å². The molecule has 8 heteroatoms. The van der Waals surface area contributed by atoms with Crippen LogP contribution in [0.4, 0.5) is 8.78 Å². The molecule has 0 bridgehead atoms. The van der Waals surface area contributed by atoms with E-state index in [1.54, 1.807) is 4.90 Å². The van der Waals surface area contributed by atoms with Gasteiger partial charge in [-0.3, -0.25) is 14.5 Å². The number of nitrogens with one attached hydrogen (secondary N) is 1. The molecule has 2 amide bonds. The van der Waals surface area contributed by atoms with Crippen molar-refractivity contribution in [2.24, 2.45) is 0 Å². The molecule has 1 N–H and O–H groups in total. The zero-order chi connectivity index (χ0) is 19.1. The zero-order valence-corrected chi connectivity index (χ0v) is 15.1. The monoisotopic (exact) mass is 369 g/mol. The van der Waals surface area contributed by atoms with Gasteiger partial charge >= 0.3 is 6.61 Å². The molecule has 0 aromatic heterocycles. The lowest BCUT2D eigenvalue weighted by molar-refractivity contribution is -0.123. The van der Waals surface area contributed by atoms with Crippen LogP contribution < -0.4 is 10.1 Å². The van der Waals surface area contributed by atoms with Gasteiger partial charge < -0.3 is 15.0 Å². The molecule has 0 radical (unpaired) electrons. The van der Waals surface area contributed by atoms with E-state index in [0.29, 0.717) is 38.3 Å². The Labute approximate surface area is 152 Å². The van der Waals surface area contributed by atoms with Crippen LogP contribution in [0.1, 0.15) is 30.6 Å². The summed E-state index contributed by atoms with van der Waals surface area (Å²) in [5.41, 5.74) is 0.426. The Morgan fingerprint density at radius 2 is 1.77 bits per heavy atom. The van der Waals surface area contributed by atoms with Crippen molar-refractivity contribution in [2.45, 2.75) is 32.9 Å². The second-order valence-corrected chi connectivity index (χ2v) is 6.35. The average molecular weight is 369 g/mol. The number of hydrogen-bond acceptors (Lipinski definition) is 4. The first kappa shape index (κ1) is 20.1. The summed E-state index contributed by atoms with van der Waals surface area (Å²) >= 11 is 0. The predicted molar refractivity (Wildman–Crippen MR) is 93.3 cm³/mol. The average Bonchev–Trinajstić information content (AvgIpc) is 2.61. The molecular weight excluding hydrogens is 344 g/mol. The van der Waals surface area contributed by atoms with Crippen molar-refractivity contribution in [3.8, 4) is 5.75 Å². The number of rotatable bonds is 7. The Morgan fingerprint density at radius 3 is 2.31 bits per heavy atom. The predicted octanol–water partition coefficient (Wildman–Crippen LogP) is 1.96. The molecule has 1 aromatic rings. The number of piperazine rings is 1. The van der Waals surface area contributed by atoms with Crippen molar-refractivity contribution in [3.63, 3.8) is 0 Å².